The molecule has 4 rings (SSSR count). The third-order valence-electron chi connectivity index (χ3n) is 5.29. The summed E-state index contributed by atoms with van der Waals surface area (Å²) < 4.78 is 11.6. The summed E-state index contributed by atoms with van der Waals surface area (Å²) in [6.45, 7) is 2.19. The summed E-state index contributed by atoms with van der Waals surface area (Å²) in [5.74, 6) is 4.22. The van der Waals surface area contributed by atoms with Crippen LogP contribution in [0.15, 0.2) is 29.8 Å². The summed E-state index contributed by atoms with van der Waals surface area (Å²) in [5.41, 5.74) is 2.99. The van der Waals surface area contributed by atoms with Gasteiger partial charge >= 0.3 is 0 Å². The molecule has 0 amide bonds. The Balaban J connectivity index is 1.69. The molecule has 0 radical (unpaired) electrons. The van der Waals surface area contributed by atoms with E-state index in [1.807, 2.05) is 6.07 Å². The lowest BCUT2D eigenvalue weighted by Gasteiger charge is -2.37. The van der Waals surface area contributed by atoms with Crippen LogP contribution < -0.4 is 9.47 Å². The molecule has 2 saturated carbocycles. The molecule has 3 aliphatic rings. The minimum Gasteiger partial charge on any atom is -0.497 e. The highest BCUT2D eigenvalue weighted by Crippen LogP contribution is 2.56. The van der Waals surface area contributed by atoms with E-state index in [0.717, 1.165) is 29.8 Å². The van der Waals surface area contributed by atoms with Gasteiger partial charge in [-0.25, -0.2) is 0 Å². The third kappa shape index (κ3) is 1.55. The molecule has 1 aromatic carbocycles. The fourth-order valence-corrected chi connectivity index (χ4v) is 4.43. The first-order valence-corrected chi connectivity index (χ1v) is 7.29. The van der Waals surface area contributed by atoms with Crippen LogP contribution in [0.1, 0.15) is 25.3 Å². The molecule has 2 bridgehead atoms. The van der Waals surface area contributed by atoms with E-state index in [1.54, 1.807) is 12.7 Å². The zero-order chi connectivity index (χ0) is 13.0. The SMILES string of the molecule is CC=C1CC2CC1C1Cc3cc(OC)ccc3OC21. The molecule has 2 nitrogen and oxygen atoms in total. The number of rotatable bonds is 1. The lowest BCUT2D eigenvalue weighted by atomic mass is 9.77. The van der Waals surface area contributed by atoms with Crippen molar-refractivity contribution in [1.29, 1.82) is 0 Å². The van der Waals surface area contributed by atoms with Gasteiger partial charge in [-0.15, -0.1) is 0 Å². The number of fused-ring (bicyclic) bond motifs is 6. The molecule has 1 aromatic rings. The summed E-state index contributed by atoms with van der Waals surface area (Å²) >= 11 is 0. The highest BCUT2D eigenvalue weighted by Gasteiger charge is 2.52. The van der Waals surface area contributed by atoms with E-state index in [-0.39, 0.29) is 0 Å². The second-order valence-corrected chi connectivity index (χ2v) is 6.09. The van der Waals surface area contributed by atoms with Crippen LogP contribution in [0, 0.1) is 17.8 Å². The van der Waals surface area contributed by atoms with E-state index in [2.05, 4.69) is 25.1 Å². The third-order valence-corrected chi connectivity index (χ3v) is 5.29. The molecule has 0 aromatic heterocycles. The summed E-state index contributed by atoms with van der Waals surface area (Å²) in [4.78, 5) is 0. The van der Waals surface area contributed by atoms with Crippen molar-refractivity contribution in [1.82, 2.24) is 0 Å². The summed E-state index contributed by atoms with van der Waals surface area (Å²) in [6.07, 6.45) is 6.53. The van der Waals surface area contributed by atoms with Crippen molar-refractivity contribution in [2.45, 2.75) is 32.3 Å². The first-order chi connectivity index (χ1) is 9.30. The fourth-order valence-electron chi connectivity index (χ4n) is 4.43. The van der Waals surface area contributed by atoms with Crippen LogP contribution in [0.4, 0.5) is 0 Å². The van der Waals surface area contributed by atoms with Gasteiger partial charge in [0.05, 0.1) is 7.11 Å². The summed E-state index contributed by atoms with van der Waals surface area (Å²) in [7, 11) is 1.73. The largest absolute Gasteiger partial charge is 0.497 e. The van der Waals surface area contributed by atoms with Crippen molar-refractivity contribution in [3.8, 4) is 11.5 Å². The molecule has 1 heterocycles. The maximum absolute atomic E-state index is 6.30. The zero-order valence-electron chi connectivity index (χ0n) is 11.6. The first-order valence-electron chi connectivity index (χ1n) is 7.29. The van der Waals surface area contributed by atoms with Crippen LogP contribution in [0.25, 0.3) is 0 Å². The molecule has 0 N–H and O–H groups in total. The van der Waals surface area contributed by atoms with E-state index < -0.39 is 0 Å². The second kappa shape index (κ2) is 4.03. The van der Waals surface area contributed by atoms with Gasteiger partial charge in [-0.05, 0) is 55.9 Å². The normalized spacial score (nSPS) is 36.8. The van der Waals surface area contributed by atoms with Gasteiger partial charge in [-0.2, -0.15) is 0 Å². The summed E-state index contributed by atoms with van der Waals surface area (Å²) in [5, 5.41) is 0. The van der Waals surface area contributed by atoms with Crippen molar-refractivity contribution >= 4 is 0 Å². The quantitative estimate of drug-likeness (QED) is 0.715. The Morgan fingerprint density at radius 2 is 2.21 bits per heavy atom. The van der Waals surface area contributed by atoms with Crippen molar-refractivity contribution in [3.05, 3.63) is 35.4 Å². The fraction of sp³-hybridized carbons (Fsp3) is 0.529. The molecule has 2 fully saturated rings. The molecule has 4 atom stereocenters. The predicted molar refractivity (Wildman–Crippen MR) is 74.6 cm³/mol. The predicted octanol–water partition coefficient (Wildman–Crippen LogP) is 3.60. The van der Waals surface area contributed by atoms with E-state index >= 15 is 0 Å². The lowest BCUT2D eigenvalue weighted by Crippen LogP contribution is -2.38. The maximum atomic E-state index is 6.30. The molecule has 1 aliphatic heterocycles. The molecule has 0 spiro atoms. The number of benzene rings is 1. The van der Waals surface area contributed by atoms with Gasteiger partial charge in [0.25, 0.3) is 0 Å². The van der Waals surface area contributed by atoms with Gasteiger partial charge in [0.1, 0.15) is 17.6 Å². The Bertz CT molecular complexity index is 546. The van der Waals surface area contributed by atoms with E-state index in [4.69, 9.17) is 9.47 Å². The molecule has 4 unspecified atom stereocenters. The monoisotopic (exact) mass is 256 g/mol. The standard InChI is InChI=1S/C17H20O2/c1-3-10-6-12-9-14(10)15-8-11-7-13(18-2)4-5-16(11)19-17(12)15/h3-5,7,12,14-15,17H,6,8-9H2,1-2H3. The topological polar surface area (TPSA) is 18.5 Å². The van der Waals surface area contributed by atoms with Crippen LogP contribution in [0.5, 0.6) is 11.5 Å². The van der Waals surface area contributed by atoms with Crippen LogP contribution in [0.3, 0.4) is 0 Å². The molecule has 2 heteroatoms. The lowest BCUT2D eigenvalue weighted by molar-refractivity contribution is 0.0795. The second-order valence-electron chi connectivity index (χ2n) is 6.09. The van der Waals surface area contributed by atoms with E-state index in [0.29, 0.717) is 12.0 Å². The molecule has 2 aliphatic carbocycles. The van der Waals surface area contributed by atoms with Crippen LogP contribution >= 0.6 is 0 Å². The summed E-state index contributed by atoms with van der Waals surface area (Å²) in [6, 6.07) is 6.23. The van der Waals surface area contributed by atoms with Crippen molar-refractivity contribution in [2.75, 3.05) is 7.11 Å². The van der Waals surface area contributed by atoms with Crippen molar-refractivity contribution in [2.24, 2.45) is 17.8 Å². The minimum atomic E-state index is 0.453. The molecule has 100 valence electrons. The number of methoxy groups -OCH3 is 1. The minimum absolute atomic E-state index is 0.453. The van der Waals surface area contributed by atoms with Gasteiger partial charge in [0.2, 0.25) is 0 Å². The number of allylic oxidation sites excluding steroid dienone is 2. The smallest absolute Gasteiger partial charge is 0.123 e. The molecule has 19 heavy (non-hydrogen) atoms. The van der Waals surface area contributed by atoms with Crippen LogP contribution in [-0.4, -0.2) is 13.2 Å². The van der Waals surface area contributed by atoms with Gasteiger partial charge in [-0.1, -0.05) is 11.6 Å². The zero-order valence-corrected chi connectivity index (χ0v) is 11.6. The first kappa shape index (κ1) is 11.4. The van der Waals surface area contributed by atoms with Crippen LogP contribution in [0.2, 0.25) is 0 Å². The number of ether oxygens (including phenoxy) is 2. The average Bonchev–Trinajstić information content (AvgIpc) is 3.02. The van der Waals surface area contributed by atoms with Gasteiger partial charge in [0.15, 0.2) is 0 Å². The highest BCUT2D eigenvalue weighted by molar-refractivity contribution is 5.43. The number of hydrogen-bond donors (Lipinski definition) is 0. The van der Waals surface area contributed by atoms with Crippen molar-refractivity contribution < 1.29 is 9.47 Å². The Morgan fingerprint density at radius 3 is 3.00 bits per heavy atom. The molecular weight excluding hydrogens is 236 g/mol. The van der Waals surface area contributed by atoms with Gasteiger partial charge < -0.3 is 9.47 Å². The van der Waals surface area contributed by atoms with Crippen LogP contribution in [-0.2, 0) is 6.42 Å². The Labute approximate surface area is 114 Å². The van der Waals surface area contributed by atoms with Crippen molar-refractivity contribution in [3.63, 3.8) is 0 Å². The van der Waals surface area contributed by atoms with Gasteiger partial charge in [0, 0.05) is 11.8 Å². The Kier molecular flexibility index (Phi) is 2.41. The molecule has 0 saturated heterocycles. The highest BCUT2D eigenvalue weighted by atomic mass is 16.5. The van der Waals surface area contributed by atoms with E-state index in [1.165, 1.54) is 18.4 Å². The average molecular weight is 256 g/mol. The van der Waals surface area contributed by atoms with Gasteiger partial charge in [-0.3, -0.25) is 0 Å². The Hall–Kier alpha value is -1.44. The Morgan fingerprint density at radius 1 is 1.32 bits per heavy atom. The van der Waals surface area contributed by atoms with E-state index in [9.17, 15) is 0 Å². The molecular formula is C17H20O2. The number of hydrogen-bond acceptors (Lipinski definition) is 2. The maximum Gasteiger partial charge on any atom is 0.123 e.